The number of ether oxygens (including phenoxy) is 2. The van der Waals surface area contributed by atoms with Crippen LogP contribution in [0.3, 0.4) is 0 Å². The monoisotopic (exact) mass is 635 g/mol. The molecule has 0 amide bonds. The molecule has 1 atom stereocenters. The van der Waals surface area contributed by atoms with Crippen molar-refractivity contribution in [1.29, 1.82) is 0 Å². The molecule has 1 fully saturated rings. The van der Waals surface area contributed by atoms with Gasteiger partial charge in [-0.3, -0.25) is 9.21 Å². The van der Waals surface area contributed by atoms with Gasteiger partial charge in [-0.2, -0.15) is 0 Å². The molecule has 8 heteroatoms. The maximum atomic E-state index is 13.8. The Kier molecular flexibility index (Phi) is 9.76. The average Bonchev–Trinajstić information content (AvgIpc) is 3.44. The summed E-state index contributed by atoms with van der Waals surface area (Å²) in [4.78, 5) is 6.31. The predicted molar refractivity (Wildman–Crippen MR) is 184 cm³/mol. The number of hydrogen-bond donors (Lipinski definition) is 1. The molecule has 0 spiro atoms. The van der Waals surface area contributed by atoms with Gasteiger partial charge in [-0.15, -0.1) is 0 Å². The van der Waals surface area contributed by atoms with Gasteiger partial charge >= 0.3 is 0 Å². The summed E-state index contributed by atoms with van der Waals surface area (Å²) in [6, 6.07) is 37.2. The minimum absolute atomic E-state index is 0.183. The van der Waals surface area contributed by atoms with E-state index in [4.69, 9.17) is 9.47 Å². The van der Waals surface area contributed by atoms with Crippen molar-refractivity contribution in [1.82, 2.24) is 9.88 Å². The molecule has 1 N–H and O–H groups in total. The fourth-order valence-electron chi connectivity index (χ4n) is 6.17. The number of aromatic nitrogens is 1. The zero-order valence-electron chi connectivity index (χ0n) is 26.4. The molecule has 5 aromatic rings. The highest BCUT2D eigenvalue weighted by molar-refractivity contribution is 7.92. The molecule has 0 saturated carbocycles. The Morgan fingerprint density at radius 3 is 2.33 bits per heavy atom. The van der Waals surface area contributed by atoms with Gasteiger partial charge in [0.05, 0.1) is 17.7 Å². The summed E-state index contributed by atoms with van der Waals surface area (Å²) < 4.78 is 40.5. The Hall–Kier alpha value is -4.53. The molecule has 238 valence electrons. The lowest BCUT2D eigenvalue weighted by Crippen LogP contribution is -2.28. The van der Waals surface area contributed by atoms with E-state index >= 15 is 0 Å². The van der Waals surface area contributed by atoms with E-state index < -0.39 is 10.0 Å². The number of aromatic amines is 1. The maximum Gasteiger partial charge on any atom is 0.264 e. The zero-order chi connectivity index (χ0) is 31.9. The van der Waals surface area contributed by atoms with Crippen LogP contribution in [0.15, 0.2) is 120 Å². The first-order valence-corrected chi connectivity index (χ1v) is 17.3. The fraction of sp³-hybridized carbons (Fsp3) is 0.263. The van der Waals surface area contributed by atoms with Crippen molar-refractivity contribution in [2.45, 2.75) is 49.8 Å². The quantitative estimate of drug-likeness (QED) is 0.158. The third-order valence-corrected chi connectivity index (χ3v) is 10.5. The highest BCUT2D eigenvalue weighted by Gasteiger charge is 2.25. The molecule has 0 aliphatic carbocycles. The van der Waals surface area contributed by atoms with E-state index in [-0.39, 0.29) is 4.90 Å². The Balaban J connectivity index is 1.20. The molecule has 0 unspecified atom stereocenters. The summed E-state index contributed by atoms with van der Waals surface area (Å²) in [6.45, 7) is 2.26. The first kappa shape index (κ1) is 31.5. The molecule has 46 heavy (non-hydrogen) atoms. The van der Waals surface area contributed by atoms with Crippen molar-refractivity contribution in [3.05, 3.63) is 132 Å². The summed E-state index contributed by atoms with van der Waals surface area (Å²) in [6.07, 6.45) is 4.80. The van der Waals surface area contributed by atoms with Crippen LogP contribution in [0.2, 0.25) is 0 Å². The topological polar surface area (TPSA) is 74.9 Å². The van der Waals surface area contributed by atoms with E-state index in [0.717, 1.165) is 36.5 Å². The molecular weight excluding hydrogens is 595 g/mol. The van der Waals surface area contributed by atoms with E-state index in [1.165, 1.54) is 29.1 Å². The number of methoxy groups -OCH3 is 1. The third-order valence-electron chi connectivity index (χ3n) is 8.74. The molecule has 1 saturated heterocycles. The average molecular weight is 636 g/mol. The highest BCUT2D eigenvalue weighted by Crippen LogP contribution is 2.35. The van der Waals surface area contributed by atoms with Gasteiger partial charge < -0.3 is 14.5 Å². The Labute approximate surface area is 272 Å². The maximum absolute atomic E-state index is 13.8. The molecule has 4 aromatic carbocycles. The Morgan fingerprint density at radius 2 is 1.59 bits per heavy atom. The van der Waals surface area contributed by atoms with Crippen LogP contribution < -0.4 is 13.8 Å². The lowest BCUT2D eigenvalue weighted by Gasteiger charge is -2.30. The van der Waals surface area contributed by atoms with Gasteiger partial charge in [-0.1, -0.05) is 73.5 Å². The van der Waals surface area contributed by atoms with Crippen molar-refractivity contribution in [3.8, 4) is 22.8 Å². The van der Waals surface area contributed by atoms with E-state index in [1.54, 1.807) is 56.6 Å². The van der Waals surface area contributed by atoms with E-state index in [2.05, 4.69) is 46.3 Å². The highest BCUT2D eigenvalue weighted by atomic mass is 32.2. The van der Waals surface area contributed by atoms with Crippen LogP contribution in [0.1, 0.15) is 48.5 Å². The van der Waals surface area contributed by atoms with Gasteiger partial charge in [0.1, 0.15) is 18.1 Å². The first-order valence-electron chi connectivity index (χ1n) is 15.8. The first-order chi connectivity index (χ1) is 22.4. The smallest absolute Gasteiger partial charge is 0.264 e. The lowest BCUT2D eigenvalue weighted by molar-refractivity contribution is 0.190. The van der Waals surface area contributed by atoms with Crippen LogP contribution in [-0.2, 0) is 23.2 Å². The molecular formula is C38H41N3O4S. The van der Waals surface area contributed by atoms with Crippen LogP contribution in [0.5, 0.6) is 11.5 Å². The van der Waals surface area contributed by atoms with Gasteiger partial charge in [-0.05, 0) is 85.1 Å². The zero-order valence-corrected chi connectivity index (χ0v) is 27.2. The molecule has 2 heterocycles. The molecule has 0 bridgehead atoms. The van der Waals surface area contributed by atoms with Crippen molar-refractivity contribution in [2.75, 3.05) is 25.0 Å². The van der Waals surface area contributed by atoms with Crippen molar-refractivity contribution in [3.63, 3.8) is 0 Å². The molecule has 7 nitrogen and oxygen atoms in total. The normalized spacial score (nSPS) is 15.7. The molecule has 6 rings (SSSR count). The van der Waals surface area contributed by atoms with Crippen LogP contribution in [0, 0.1) is 0 Å². The molecule has 1 aliphatic heterocycles. The Bertz CT molecular complexity index is 1820. The van der Waals surface area contributed by atoms with Crippen molar-refractivity contribution >= 4 is 15.7 Å². The number of hydrogen-bond acceptors (Lipinski definition) is 5. The SMILES string of the molecule is COc1ccc(S(=O)(=O)N(C)c2ccc(OCc3ccccc3)cc2)cc1-c1ccc(CN2CCCCC[C@@H]2c2ccccc2)[nH]1. The second-order valence-electron chi connectivity index (χ2n) is 11.7. The molecule has 1 aliphatic rings. The van der Waals surface area contributed by atoms with E-state index in [9.17, 15) is 8.42 Å². The number of sulfonamides is 1. The number of nitrogens with zero attached hydrogens (tertiary/aromatic N) is 2. The second kappa shape index (κ2) is 14.3. The summed E-state index contributed by atoms with van der Waals surface area (Å²) in [5.41, 5.74) is 5.56. The number of H-pyrrole nitrogens is 1. The number of nitrogens with one attached hydrogen (secondary N) is 1. The number of rotatable bonds is 11. The lowest BCUT2D eigenvalue weighted by atomic mass is 10.0. The number of anilines is 1. The van der Waals surface area contributed by atoms with Crippen LogP contribution in [-0.4, -0.2) is 39.0 Å². The van der Waals surface area contributed by atoms with Crippen LogP contribution >= 0.6 is 0 Å². The predicted octanol–water partition coefficient (Wildman–Crippen LogP) is 8.21. The number of benzene rings is 4. The largest absolute Gasteiger partial charge is 0.496 e. The van der Waals surface area contributed by atoms with Crippen molar-refractivity contribution in [2.24, 2.45) is 0 Å². The minimum Gasteiger partial charge on any atom is -0.496 e. The van der Waals surface area contributed by atoms with Gasteiger partial charge in [-0.25, -0.2) is 8.42 Å². The minimum atomic E-state index is -3.86. The summed E-state index contributed by atoms with van der Waals surface area (Å²) >= 11 is 0. The standard InChI is InChI=1S/C38H41N3O4S/c1-40(32-18-20-33(21-19-32)45-28-29-12-6-3-7-13-29)46(42,43)34-22-24-38(44-2)35(26-34)36-23-17-31(39-36)27-41-25-11-5-10-16-37(41)30-14-8-4-9-15-30/h3-4,6-9,12-15,17-24,26,37,39H,5,10-11,16,25,27-28H2,1-2H3/t37-/m1/s1. The van der Waals surface area contributed by atoms with E-state index in [1.807, 2.05) is 36.4 Å². The summed E-state index contributed by atoms with van der Waals surface area (Å²) in [5.74, 6) is 1.27. The van der Waals surface area contributed by atoms with Gasteiger partial charge in [0.2, 0.25) is 0 Å². The van der Waals surface area contributed by atoms with Gasteiger partial charge in [0, 0.05) is 36.6 Å². The second-order valence-corrected chi connectivity index (χ2v) is 13.7. The summed E-state index contributed by atoms with van der Waals surface area (Å²) in [5, 5.41) is 0. The Morgan fingerprint density at radius 1 is 0.848 bits per heavy atom. The fourth-order valence-corrected chi connectivity index (χ4v) is 7.39. The third kappa shape index (κ3) is 7.14. The van der Waals surface area contributed by atoms with Crippen LogP contribution in [0.25, 0.3) is 11.3 Å². The van der Waals surface area contributed by atoms with Gasteiger partial charge in [0.25, 0.3) is 10.0 Å². The van der Waals surface area contributed by atoms with E-state index in [0.29, 0.717) is 35.4 Å². The van der Waals surface area contributed by atoms with Crippen molar-refractivity contribution < 1.29 is 17.9 Å². The number of likely N-dealkylation sites (tertiary alicyclic amines) is 1. The van der Waals surface area contributed by atoms with Crippen LogP contribution in [0.4, 0.5) is 5.69 Å². The molecule has 1 aromatic heterocycles. The van der Waals surface area contributed by atoms with Gasteiger partial charge in [0.15, 0.2) is 0 Å². The molecule has 0 radical (unpaired) electrons. The summed E-state index contributed by atoms with van der Waals surface area (Å²) in [7, 11) is -0.690.